The number of aromatic nitrogens is 3. The second-order valence-electron chi connectivity index (χ2n) is 8.51. The Kier molecular flexibility index (Phi) is 6.50. The first-order chi connectivity index (χ1) is 13.4. The molecule has 1 aliphatic heterocycles. The standard InChI is InChI=1S/C22H31N3O3/c1-5-8-28-20(26)18-11-17(12-23-13-18)19-15-25(21(24-19)22(2,3)4)14-16-6-9-27-10-7-16/h11-13,15-16H,5-10,14H2,1-4H3. The number of esters is 1. The van der Waals surface area contributed by atoms with Crippen molar-refractivity contribution in [3.63, 3.8) is 0 Å². The molecule has 3 rings (SSSR count). The third kappa shape index (κ3) is 4.98. The van der Waals surface area contributed by atoms with Gasteiger partial charge in [-0.1, -0.05) is 27.7 Å². The minimum Gasteiger partial charge on any atom is -0.462 e. The fourth-order valence-electron chi connectivity index (χ4n) is 3.47. The van der Waals surface area contributed by atoms with Gasteiger partial charge in [0.05, 0.1) is 17.9 Å². The zero-order valence-corrected chi connectivity index (χ0v) is 17.4. The Labute approximate surface area is 167 Å². The average Bonchev–Trinajstić information content (AvgIpc) is 3.11. The molecule has 0 spiro atoms. The lowest BCUT2D eigenvalue weighted by Crippen LogP contribution is -2.24. The molecule has 152 valence electrons. The van der Waals surface area contributed by atoms with Crippen LogP contribution in [0.4, 0.5) is 0 Å². The Morgan fingerprint density at radius 3 is 2.71 bits per heavy atom. The fraction of sp³-hybridized carbons (Fsp3) is 0.591. The summed E-state index contributed by atoms with van der Waals surface area (Å²) in [5.74, 6) is 1.31. The number of carbonyl (C=O) groups is 1. The molecule has 0 unspecified atom stereocenters. The predicted octanol–water partition coefficient (Wildman–Crippen LogP) is 4.24. The smallest absolute Gasteiger partial charge is 0.339 e. The van der Waals surface area contributed by atoms with Gasteiger partial charge < -0.3 is 14.0 Å². The molecule has 0 N–H and O–H groups in total. The highest BCUT2D eigenvalue weighted by molar-refractivity contribution is 5.90. The molecule has 2 aromatic heterocycles. The third-order valence-corrected chi connectivity index (χ3v) is 4.95. The van der Waals surface area contributed by atoms with Crippen molar-refractivity contribution in [1.29, 1.82) is 0 Å². The fourth-order valence-corrected chi connectivity index (χ4v) is 3.47. The number of hydrogen-bond acceptors (Lipinski definition) is 5. The summed E-state index contributed by atoms with van der Waals surface area (Å²) >= 11 is 0. The summed E-state index contributed by atoms with van der Waals surface area (Å²) in [6.45, 7) is 11.5. The van der Waals surface area contributed by atoms with Crippen LogP contribution in [0.2, 0.25) is 0 Å². The highest BCUT2D eigenvalue weighted by Crippen LogP contribution is 2.28. The van der Waals surface area contributed by atoms with Crippen LogP contribution < -0.4 is 0 Å². The van der Waals surface area contributed by atoms with Crippen LogP contribution in [0.5, 0.6) is 0 Å². The number of nitrogens with zero attached hydrogens (tertiary/aromatic N) is 3. The van der Waals surface area contributed by atoms with Crippen molar-refractivity contribution in [2.45, 2.75) is 58.9 Å². The van der Waals surface area contributed by atoms with Gasteiger partial charge in [0.25, 0.3) is 0 Å². The lowest BCUT2D eigenvalue weighted by atomic mass is 9.94. The van der Waals surface area contributed by atoms with Gasteiger partial charge in [-0.25, -0.2) is 9.78 Å². The molecule has 6 nitrogen and oxygen atoms in total. The van der Waals surface area contributed by atoms with Crippen LogP contribution in [0.1, 0.15) is 63.1 Å². The molecule has 1 saturated heterocycles. The average molecular weight is 386 g/mol. The van der Waals surface area contributed by atoms with Crippen molar-refractivity contribution in [3.05, 3.63) is 36.0 Å². The minimum atomic E-state index is -0.339. The molecule has 2 aromatic rings. The highest BCUT2D eigenvalue weighted by atomic mass is 16.5. The van der Waals surface area contributed by atoms with E-state index in [1.54, 1.807) is 12.4 Å². The van der Waals surface area contributed by atoms with Crippen LogP contribution in [0.15, 0.2) is 24.7 Å². The molecular weight excluding hydrogens is 354 g/mol. The lowest BCUT2D eigenvalue weighted by Gasteiger charge is -2.25. The Balaban J connectivity index is 1.88. The van der Waals surface area contributed by atoms with E-state index < -0.39 is 0 Å². The zero-order chi connectivity index (χ0) is 20.1. The molecule has 28 heavy (non-hydrogen) atoms. The number of carbonyl (C=O) groups excluding carboxylic acids is 1. The zero-order valence-electron chi connectivity index (χ0n) is 17.4. The van der Waals surface area contributed by atoms with E-state index in [4.69, 9.17) is 14.5 Å². The van der Waals surface area contributed by atoms with Gasteiger partial charge in [0.15, 0.2) is 0 Å². The summed E-state index contributed by atoms with van der Waals surface area (Å²) in [5.41, 5.74) is 2.06. The summed E-state index contributed by atoms with van der Waals surface area (Å²) in [6, 6.07) is 1.82. The SMILES string of the molecule is CCCOC(=O)c1cncc(-c2cn(CC3CCOCC3)c(C(C)(C)C)n2)c1. The molecule has 6 heteroatoms. The topological polar surface area (TPSA) is 66.2 Å². The monoisotopic (exact) mass is 385 g/mol. The Morgan fingerprint density at radius 2 is 2.04 bits per heavy atom. The van der Waals surface area contributed by atoms with Gasteiger partial charge in [0.2, 0.25) is 0 Å². The second kappa shape index (κ2) is 8.86. The van der Waals surface area contributed by atoms with Crippen molar-refractivity contribution in [2.24, 2.45) is 5.92 Å². The van der Waals surface area contributed by atoms with Crippen LogP contribution in [-0.2, 0) is 21.4 Å². The van der Waals surface area contributed by atoms with Crippen LogP contribution in [-0.4, -0.2) is 40.3 Å². The number of rotatable bonds is 6. The van der Waals surface area contributed by atoms with E-state index in [-0.39, 0.29) is 11.4 Å². The van der Waals surface area contributed by atoms with Gasteiger partial charge in [-0.15, -0.1) is 0 Å². The molecular formula is C22H31N3O3. The maximum Gasteiger partial charge on any atom is 0.339 e. The van der Waals surface area contributed by atoms with Crippen LogP contribution in [0.25, 0.3) is 11.3 Å². The predicted molar refractivity (Wildman–Crippen MR) is 108 cm³/mol. The Morgan fingerprint density at radius 1 is 1.29 bits per heavy atom. The third-order valence-electron chi connectivity index (χ3n) is 4.95. The van der Waals surface area contributed by atoms with E-state index in [9.17, 15) is 4.79 Å². The summed E-state index contributed by atoms with van der Waals surface area (Å²) in [5, 5.41) is 0. The number of imidazole rings is 1. The van der Waals surface area contributed by atoms with Gasteiger partial charge in [0, 0.05) is 49.3 Å². The van der Waals surface area contributed by atoms with Gasteiger partial charge in [-0.2, -0.15) is 0 Å². The number of hydrogen-bond donors (Lipinski definition) is 0. The number of pyridine rings is 1. The summed E-state index contributed by atoms with van der Waals surface area (Å²) in [7, 11) is 0. The Hall–Kier alpha value is -2.21. The van der Waals surface area contributed by atoms with E-state index in [1.807, 2.05) is 13.0 Å². The van der Waals surface area contributed by atoms with E-state index >= 15 is 0 Å². The van der Waals surface area contributed by atoms with E-state index in [2.05, 4.69) is 36.5 Å². The van der Waals surface area contributed by atoms with E-state index in [0.717, 1.165) is 56.1 Å². The van der Waals surface area contributed by atoms with Crippen molar-refractivity contribution < 1.29 is 14.3 Å². The van der Waals surface area contributed by atoms with E-state index in [0.29, 0.717) is 18.1 Å². The molecule has 0 bridgehead atoms. The maximum absolute atomic E-state index is 12.2. The van der Waals surface area contributed by atoms with Crippen LogP contribution in [0.3, 0.4) is 0 Å². The van der Waals surface area contributed by atoms with Crippen molar-refractivity contribution in [3.8, 4) is 11.3 Å². The summed E-state index contributed by atoms with van der Waals surface area (Å²) in [4.78, 5) is 21.3. The normalized spacial score (nSPS) is 15.6. The first-order valence-corrected chi connectivity index (χ1v) is 10.2. The van der Waals surface area contributed by atoms with E-state index in [1.165, 1.54) is 0 Å². The Bertz CT molecular complexity index is 802. The molecule has 0 saturated carbocycles. The first-order valence-electron chi connectivity index (χ1n) is 10.2. The molecule has 3 heterocycles. The molecule has 0 aliphatic carbocycles. The summed E-state index contributed by atoms with van der Waals surface area (Å²) in [6.07, 6.45) is 8.35. The molecule has 1 fully saturated rings. The van der Waals surface area contributed by atoms with Gasteiger partial charge in [0.1, 0.15) is 5.82 Å². The van der Waals surface area contributed by atoms with Gasteiger partial charge in [-0.05, 0) is 31.2 Å². The quantitative estimate of drug-likeness (QED) is 0.696. The highest BCUT2D eigenvalue weighted by Gasteiger charge is 2.25. The van der Waals surface area contributed by atoms with Crippen molar-refractivity contribution in [1.82, 2.24) is 14.5 Å². The second-order valence-corrected chi connectivity index (χ2v) is 8.51. The molecule has 1 aliphatic rings. The molecule has 0 radical (unpaired) electrons. The maximum atomic E-state index is 12.2. The molecule has 0 atom stereocenters. The summed E-state index contributed by atoms with van der Waals surface area (Å²) < 4.78 is 13.0. The van der Waals surface area contributed by atoms with Crippen LogP contribution in [0, 0.1) is 5.92 Å². The van der Waals surface area contributed by atoms with Gasteiger partial charge >= 0.3 is 5.97 Å². The minimum absolute atomic E-state index is 0.0749. The molecule has 0 aromatic carbocycles. The van der Waals surface area contributed by atoms with Crippen molar-refractivity contribution >= 4 is 5.97 Å². The first kappa shape index (κ1) is 20.5. The van der Waals surface area contributed by atoms with Crippen LogP contribution >= 0.6 is 0 Å². The van der Waals surface area contributed by atoms with Gasteiger partial charge in [-0.3, -0.25) is 4.98 Å². The van der Waals surface area contributed by atoms with Crippen molar-refractivity contribution in [2.75, 3.05) is 19.8 Å². The lowest BCUT2D eigenvalue weighted by molar-refractivity contribution is 0.0504. The largest absolute Gasteiger partial charge is 0.462 e. The molecule has 0 amide bonds. The number of ether oxygens (including phenoxy) is 2.